The van der Waals surface area contributed by atoms with Crippen molar-refractivity contribution in [3.05, 3.63) is 0 Å². The average Bonchev–Trinajstić information content (AvgIpc) is 0.722. The fraction of sp³-hybridized carbons (Fsp3) is 0. The summed E-state index contributed by atoms with van der Waals surface area (Å²) >= 11 is 0. The summed E-state index contributed by atoms with van der Waals surface area (Å²) in [6.45, 7) is 0. The monoisotopic (exact) mass is 297 g/mol. The zero-order valence-corrected chi connectivity index (χ0v) is 8.75. The van der Waals surface area contributed by atoms with Gasteiger partial charge >= 0.3 is 9.05 Å². The quantitative estimate of drug-likeness (QED) is 0.346. The smallest absolute Gasteiger partial charge is 0.368 e. The fourth-order valence-corrected chi connectivity index (χ4v) is 0. The number of hydrogen-bond donors (Lipinski definition) is 4. The Morgan fingerprint density at radius 1 is 0.875 bits per heavy atom. The van der Waals surface area contributed by atoms with Gasteiger partial charge in [-0.05, 0) is 0 Å². The van der Waals surface area contributed by atoms with Crippen LogP contribution in [0.5, 0.6) is 0 Å². The summed E-state index contributed by atoms with van der Waals surface area (Å²) in [5.74, 6) is 0. The predicted molar refractivity (Wildman–Crippen MR) is 24.6 cm³/mol. The Kier molecular flexibility index (Phi) is 25.2. The molecule has 51 valence electrons. The van der Waals surface area contributed by atoms with Gasteiger partial charge in [-0.3, -0.25) is 0 Å². The van der Waals surface area contributed by atoms with Crippen LogP contribution in [0.2, 0.25) is 0 Å². The molecule has 0 heterocycles. The van der Waals surface area contributed by atoms with Crippen LogP contribution in [-0.4, -0.2) is 45.6 Å². The second kappa shape index (κ2) is 8.95. The van der Waals surface area contributed by atoms with Crippen LogP contribution in [0.1, 0.15) is 0 Å². The molecule has 0 bridgehead atoms. The van der Waals surface area contributed by atoms with Gasteiger partial charge in [0, 0.05) is 41.9 Å². The van der Waals surface area contributed by atoms with Crippen LogP contribution in [-0.2, 0) is 41.9 Å². The van der Waals surface area contributed by atoms with Crippen molar-refractivity contribution in [2.75, 3.05) is 0 Å². The summed E-state index contributed by atoms with van der Waals surface area (Å²) in [6, 6.07) is 0. The molecular formula is H7AgAlO4SiZn. The minimum atomic E-state index is -4.61. The first-order chi connectivity index (χ1) is 2.00. The molecule has 0 amide bonds. The van der Waals surface area contributed by atoms with E-state index in [2.05, 4.69) is 0 Å². The van der Waals surface area contributed by atoms with E-state index in [4.69, 9.17) is 19.2 Å². The molecule has 0 spiro atoms. The molecule has 0 fully saturated rings. The van der Waals surface area contributed by atoms with Crippen molar-refractivity contribution < 1.29 is 61.0 Å². The Bertz CT molecular complexity index is 31.5. The van der Waals surface area contributed by atoms with E-state index in [0.29, 0.717) is 0 Å². The molecular weight excluding hydrogens is 292 g/mol. The van der Waals surface area contributed by atoms with E-state index in [1.165, 1.54) is 0 Å². The van der Waals surface area contributed by atoms with E-state index in [-0.39, 0.29) is 59.2 Å². The van der Waals surface area contributed by atoms with E-state index < -0.39 is 9.05 Å². The maximum absolute atomic E-state index is 7.33. The van der Waals surface area contributed by atoms with Gasteiger partial charge in [-0.15, -0.1) is 0 Å². The van der Waals surface area contributed by atoms with Gasteiger partial charge in [0.2, 0.25) is 0 Å². The van der Waals surface area contributed by atoms with E-state index in [0.717, 1.165) is 0 Å². The van der Waals surface area contributed by atoms with E-state index in [1.807, 2.05) is 0 Å². The number of rotatable bonds is 0. The molecule has 0 aliphatic carbocycles. The zero-order valence-electron chi connectivity index (χ0n) is 3.30. The van der Waals surface area contributed by atoms with Crippen molar-refractivity contribution >= 4 is 26.4 Å². The molecule has 0 aromatic heterocycles. The first-order valence-electron chi connectivity index (χ1n) is 0.894. The van der Waals surface area contributed by atoms with Crippen LogP contribution in [0.15, 0.2) is 0 Å². The van der Waals surface area contributed by atoms with Crippen molar-refractivity contribution in [1.82, 2.24) is 0 Å². The molecule has 0 unspecified atom stereocenters. The Labute approximate surface area is 86.8 Å². The van der Waals surface area contributed by atoms with E-state index in [1.54, 1.807) is 0 Å². The Morgan fingerprint density at radius 3 is 0.875 bits per heavy atom. The van der Waals surface area contributed by atoms with Gasteiger partial charge in [-0.2, -0.15) is 0 Å². The molecule has 8 heavy (non-hydrogen) atoms. The minimum Gasteiger partial charge on any atom is -0.368 e. The van der Waals surface area contributed by atoms with Crippen LogP contribution in [0.25, 0.3) is 0 Å². The largest absolute Gasteiger partial charge is 0.668 e. The van der Waals surface area contributed by atoms with Gasteiger partial charge in [0.15, 0.2) is 17.4 Å². The maximum Gasteiger partial charge on any atom is 0.668 e. The number of hydrogen-bond acceptors (Lipinski definition) is 4. The zero-order chi connectivity index (χ0) is 4.50. The standard InChI is InChI=1S/Ag.Al.H4O4Si.Zn.3H/c;;1-5(2,3)4;;;;/h;;1-4H;;;;. The Morgan fingerprint density at radius 2 is 0.875 bits per heavy atom. The summed E-state index contributed by atoms with van der Waals surface area (Å²) in [5, 5.41) is 0. The molecule has 0 saturated heterocycles. The van der Waals surface area contributed by atoms with E-state index in [9.17, 15) is 0 Å². The average molecular weight is 299 g/mol. The van der Waals surface area contributed by atoms with Gasteiger partial charge in [-0.25, -0.2) is 0 Å². The molecule has 4 nitrogen and oxygen atoms in total. The molecule has 1 radical (unpaired) electrons. The van der Waals surface area contributed by atoms with Gasteiger partial charge in [-0.1, -0.05) is 0 Å². The van der Waals surface area contributed by atoms with Crippen molar-refractivity contribution in [1.29, 1.82) is 0 Å². The third-order valence-corrected chi connectivity index (χ3v) is 0. The summed E-state index contributed by atoms with van der Waals surface area (Å²) < 4.78 is 0. The van der Waals surface area contributed by atoms with Gasteiger partial charge in [0.1, 0.15) is 0 Å². The molecule has 0 aliphatic rings. The third-order valence-electron chi connectivity index (χ3n) is 0. The molecule has 0 aliphatic heterocycles. The van der Waals surface area contributed by atoms with Crippen molar-refractivity contribution in [3.63, 3.8) is 0 Å². The fourth-order valence-electron chi connectivity index (χ4n) is 0. The third kappa shape index (κ3) is 101. The Hall–Kier alpha value is 1.95. The first kappa shape index (κ1) is 22.5. The predicted octanol–water partition coefficient (Wildman–Crippen LogP) is -3.80. The normalized spacial score (nSPS) is 7.50. The van der Waals surface area contributed by atoms with Crippen LogP contribution < -0.4 is 0 Å². The maximum atomic E-state index is 7.33. The van der Waals surface area contributed by atoms with E-state index >= 15 is 0 Å². The summed E-state index contributed by atoms with van der Waals surface area (Å²) in [6.07, 6.45) is 0. The summed E-state index contributed by atoms with van der Waals surface area (Å²) in [7, 11) is -4.61. The van der Waals surface area contributed by atoms with Crippen molar-refractivity contribution in [2.24, 2.45) is 0 Å². The van der Waals surface area contributed by atoms with Crippen molar-refractivity contribution in [3.8, 4) is 0 Å². The Balaban J connectivity index is -0.0000000267. The van der Waals surface area contributed by atoms with Gasteiger partial charge < -0.3 is 19.2 Å². The topological polar surface area (TPSA) is 80.9 Å². The van der Waals surface area contributed by atoms with Crippen LogP contribution in [0.4, 0.5) is 0 Å². The second-order valence-electron chi connectivity index (χ2n) is 0.600. The molecule has 8 heteroatoms. The van der Waals surface area contributed by atoms with Crippen LogP contribution in [0, 0.1) is 0 Å². The molecule has 0 rings (SSSR count). The van der Waals surface area contributed by atoms with Crippen LogP contribution >= 0.6 is 0 Å². The molecule has 0 atom stereocenters. The minimum absolute atomic E-state index is 0. The molecule has 0 aromatic carbocycles. The first-order valence-corrected chi connectivity index (χ1v) is 2.68. The SMILES string of the molecule is O[Si](O)(O)O.[Ag].[AlH3].[Zn]. The summed E-state index contributed by atoms with van der Waals surface area (Å²) in [5.41, 5.74) is 0. The second-order valence-corrected chi connectivity index (χ2v) is 1.80. The van der Waals surface area contributed by atoms with Crippen LogP contribution in [0.3, 0.4) is 0 Å². The molecule has 0 aromatic rings. The van der Waals surface area contributed by atoms with Crippen molar-refractivity contribution in [2.45, 2.75) is 0 Å². The summed E-state index contributed by atoms with van der Waals surface area (Å²) in [4.78, 5) is 29.3. The van der Waals surface area contributed by atoms with Gasteiger partial charge in [0.05, 0.1) is 0 Å². The van der Waals surface area contributed by atoms with Gasteiger partial charge in [0.25, 0.3) is 0 Å². The molecule has 4 N–H and O–H groups in total. The molecule has 0 saturated carbocycles.